The van der Waals surface area contributed by atoms with E-state index in [0.717, 1.165) is 12.0 Å². The van der Waals surface area contributed by atoms with Gasteiger partial charge in [-0.1, -0.05) is 12.1 Å². The van der Waals surface area contributed by atoms with E-state index in [2.05, 4.69) is 5.48 Å². The lowest BCUT2D eigenvalue weighted by Crippen LogP contribution is -2.10. The number of halogens is 1. The van der Waals surface area contributed by atoms with Crippen molar-refractivity contribution < 1.29 is 10.3 Å². The molecule has 1 aromatic rings. The molecule has 0 unspecified atom stereocenters. The first kappa shape index (κ1) is 11.2. The molecule has 0 aliphatic rings. The Bertz CT molecular complexity index is 213. The van der Waals surface area contributed by atoms with Crippen LogP contribution in [-0.4, -0.2) is 16.9 Å². The maximum atomic E-state index is 8.92. The third-order valence-corrected chi connectivity index (χ3v) is 1.46. The van der Waals surface area contributed by atoms with Crippen LogP contribution >= 0.6 is 12.4 Å². The number of rotatable bonds is 3. The Morgan fingerprint density at radius 2 is 1.75 bits per heavy atom. The van der Waals surface area contributed by atoms with Crippen LogP contribution in [0.1, 0.15) is 5.56 Å². The molecule has 0 aliphatic carbocycles. The van der Waals surface area contributed by atoms with E-state index in [-0.39, 0.29) is 18.2 Å². The van der Waals surface area contributed by atoms with Crippen molar-refractivity contribution in [1.29, 1.82) is 0 Å². The van der Waals surface area contributed by atoms with E-state index in [4.69, 9.17) is 10.3 Å². The summed E-state index contributed by atoms with van der Waals surface area (Å²) in [4.78, 5) is 0. The molecule has 0 aromatic heterocycles. The molecule has 68 valence electrons. The molecule has 4 heteroatoms. The van der Waals surface area contributed by atoms with Gasteiger partial charge in [-0.3, -0.25) is 0 Å². The van der Waals surface area contributed by atoms with Gasteiger partial charge in [0.05, 0.1) is 0 Å². The van der Waals surface area contributed by atoms with Crippen molar-refractivity contribution in [1.82, 2.24) is 5.48 Å². The molecule has 0 heterocycles. The molecule has 1 rings (SSSR count). The Labute approximate surface area is 77.4 Å². The van der Waals surface area contributed by atoms with Crippen molar-refractivity contribution in [2.24, 2.45) is 0 Å². The van der Waals surface area contributed by atoms with E-state index in [1.54, 1.807) is 12.1 Å². The van der Waals surface area contributed by atoms with Crippen molar-refractivity contribution in [3.8, 4) is 5.75 Å². The average molecular weight is 190 g/mol. The fourth-order valence-corrected chi connectivity index (χ4v) is 0.863. The highest BCUT2D eigenvalue weighted by Crippen LogP contribution is 2.09. The van der Waals surface area contributed by atoms with Crippen LogP contribution in [0.2, 0.25) is 0 Å². The third-order valence-electron chi connectivity index (χ3n) is 1.46. The van der Waals surface area contributed by atoms with Gasteiger partial charge in [0.15, 0.2) is 0 Å². The van der Waals surface area contributed by atoms with E-state index >= 15 is 0 Å². The number of aromatic hydroxyl groups is 1. The highest BCUT2D eigenvalue weighted by Gasteiger charge is 1.91. The zero-order chi connectivity index (χ0) is 8.10. The quantitative estimate of drug-likeness (QED) is 0.629. The number of hydrogen-bond donors (Lipinski definition) is 3. The Hall–Kier alpha value is -0.770. The molecule has 3 nitrogen and oxygen atoms in total. The van der Waals surface area contributed by atoms with Gasteiger partial charge in [0, 0.05) is 6.54 Å². The van der Waals surface area contributed by atoms with E-state index < -0.39 is 0 Å². The molecule has 0 amide bonds. The van der Waals surface area contributed by atoms with Crippen molar-refractivity contribution >= 4 is 12.4 Å². The number of nitrogens with one attached hydrogen (secondary N) is 1. The predicted molar refractivity (Wildman–Crippen MR) is 48.8 cm³/mol. The fourth-order valence-electron chi connectivity index (χ4n) is 0.863. The highest BCUT2D eigenvalue weighted by molar-refractivity contribution is 5.85. The first-order chi connectivity index (χ1) is 5.33. The first-order valence-electron chi connectivity index (χ1n) is 3.48. The number of hydrogen-bond acceptors (Lipinski definition) is 3. The summed E-state index contributed by atoms with van der Waals surface area (Å²) in [5.74, 6) is 0.269. The molecular formula is C8H12ClNO2. The summed E-state index contributed by atoms with van der Waals surface area (Å²) >= 11 is 0. The average Bonchev–Trinajstić information content (AvgIpc) is 2.04. The highest BCUT2D eigenvalue weighted by atomic mass is 35.5. The SMILES string of the molecule is Cl.ONCCc1ccc(O)cc1. The minimum atomic E-state index is 0. The molecule has 0 saturated heterocycles. The summed E-state index contributed by atoms with van der Waals surface area (Å²) < 4.78 is 0. The Kier molecular flexibility index (Phi) is 5.45. The molecule has 0 spiro atoms. The molecule has 3 N–H and O–H groups in total. The van der Waals surface area contributed by atoms with Crippen LogP contribution in [-0.2, 0) is 6.42 Å². The third kappa shape index (κ3) is 3.57. The minimum Gasteiger partial charge on any atom is -0.508 e. The van der Waals surface area contributed by atoms with Gasteiger partial charge in [0.25, 0.3) is 0 Å². The zero-order valence-electron chi connectivity index (χ0n) is 6.53. The molecule has 0 saturated carbocycles. The summed E-state index contributed by atoms with van der Waals surface area (Å²) in [6.07, 6.45) is 0.761. The molecule has 12 heavy (non-hydrogen) atoms. The van der Waals surface area contributed by atoms with Crippen LogP contribution in [0.3, 0.4) is 0 Å². The molecule has 0 fully saturated rings. The van der Waals surface area contributed by atoms with Gasteiger partial charge in [-0.2, -0.15) is 0 Å². The number of hydroxylamine groups is 1. The van der Waals surface area contributed by atoms with Gasteiger partial charge in [0.2, 0.25) is 0 Å². The standard InChI is InChI=1S/C8H11NO2.ClH/c10-8-3-1-7(2-4-8)5-6-9-11;/h1-4,9-11H,5-6H2;1H. The summed E-state index contributed by atoms with van der Waals surface area (Å²) in [5, 5.41) is 17.2. The van der Waals surface area contributed by atoms with Gasteiger partial charge in [-0.25, -0.2) is 5.48 Å². The van der Waals surface area contributed by atoms with Gasteiger partial charge in [-0.15, -0.1) is 12.4 Å². The predicted octanol–water partition coefficient (Wildman–Crippen LogP) is 1.34. The Morgan fingerprint density at radius 3 is 2.25 bits per heavy atom. The van der Waals surface area contributed by atoms with Gasteiger partial charge < -0.3 is 10.3 Å². The van der Waals surface area contributed by atoms with Crippen molar-refractivity contribution in [2.45, 2.75) is 6.42 Å². The van der Waals surface area contributed by atoms with E-state index in [0.29, 0.717) is 6.54 Å². The molecule has 0 atom stereocenters. The van der Waals surface area contributed by atoms with E-state index in [1.165, 1.54) is 0 Å². The van der Waals surface area contributed by atoms with Gasteiger partial charge in [-0.05, 0) is 24.1 Å². The second kappa shape index (κ2) is 5.83. The molecule has 0 bridgehead atoms. The maximum absolute atomic E-state index is 8.92. The first-order valence-corrected chi connectivity index (χ1v) is 3.48. The van der Waals surface area contributed by atoms with E-state index in [9.17, 15) is 0 Å². The Morgan fingerprint density at radius 1 is 1.17 bits per heavy atom. The summed E-state index contributed by atoms with van der Waals surface area (Å²) in [5.41, 5.74) is 3.16. The van der Waals surface area contributed by atoms with Gasteiger partial charge in [0.1, 0.15) is 5.75 Å². The number of phenolic OH excluding ortho intramolecular Hbond substituents is 1. The summed E-state index contributed by atoms with van der Waals surface area (Å²) in [7, 11) is 0. The number of benzene rings is 1. The molecular weight excluding hydrogens is 178 g/mol. The summed E-state index contributed by atoms with van der Waals surface area (Å²) in [6.45, 7) is 0.533. The fraction of sp³-hybridized carbons (Fsp3) is 0.250. The normalized spacial score (nSPS) is 9.08. The van der Waals surface area contributed by atoms with E-state index in [1.807, 2.05) is 12.1 Å². The van der Waals surface area contributed by atoms with Crippen molar-refractivity contribution in [3.05, 3.63) is 29.8 Å². The van der Waals surface area contributed by atoms with Crippen LogP contribution in [0.25, 0.3) is 0 Å². The van der Waals surface area contributed by atoms with Crippen LogP contribution in [0.15, 0.2) is 24.3 Å². The second-order valence-electron chi connectivity index (χ2n) is 2.32. The lowest BCUT2D eigenvalue weighted by atomic mass is 10.1. The topological polar surface area (TPSA) is 52.5 Å². The van der Waals surface area contributed by atoms with Crippen LogP contribution in [0.4, 0.5) is 0 Å². The smallest absolute Gasteiger partial charge is 0.115 e. The number of phenols is 1. The second-order valence-corrected chi connectivity index (χ2v) is 2.32. The van der Waals surface area contributed by atoms with Crippen molar-refractivity contribution in [3.63, 3.8) is 0 Å². The zero-order valence-corrected chi connectivity index (χ0v) is 7.34. The lowest BCUT2D eigenvalue weighted by molar-refractivity contribution is 0.168. The van der Waals surface area contributed by atoms with Crippen LogP contribution in [0.5, 0.6) is 5.75 Å². The Balaban J connectivity index is 0.00000121. The van der Waals surface area contributed by atoms with Gasteiger partial charge >= 0.3 is 0 Å². The summed E-state index contributed by atoms with van der Waals surface area (Å²) in [6, 6.07) is 6.92. The molecule has 0 aliphatic heterocycles. The van der Waals surface area contributed by atoms with Crippen molar-refractivity contribution in [2.75, 3.05) is 6.54 Å². The van der Waals surface area contributed by atoms with Crippen LogP contribution < -0.4 is 5.48 Å². The monoisotopic (exact) mass is 189 g/mol. The maximum Gasteiger partial charge on any atom is 0.115 e. The van der Waals surface area contributed by atoms with Crippen LogP contribution in [0, 0.1) is 0 Å². The molecule has 1 aromatic carbocycles. The minimum absolute atomic E-state index is 0. The lowest BCUT2D eigenvalue weighted by Gasteiger charge is -1.98. The molecule has 0 radical (unpaired) electrons. The largest absolute Gasteiger partial charge is 0.508 e.